The minimum absolute atomic E-state index is 0.0654. The molecule has 1 aromatic heterocycles. The molecule has 0 saturated heterocycles. The van der Waals surface area contributed by atoms with E-state index >= 15 is 0 Å². The van der Waals surface area contributed by atoms with E-state index in [2.05, 4.69) is 10.2 Å². The molecule has 16 heavy (non-hydrogen) atoms. The maximum absolute atomic E-state index is 5.60. The summed E-state index contributed by atoms with van der Waals surface area (Å²) in [7, 11) is 0. The molecule has 0 spiro atoms. The average Bonchev–Trinajstić information content (AvgIpc) is 2.67. The van der Waals surface area contributed by atoms with Crippen molar-refractivity contribution in [1.82, 2.24) is 10.2 Å². The molecular weight excluding hydrogens is 272 g/mol. The molecule has 2 N–H and O–H groups in total. The third-order valence-corrected chi connectivity index (χ3v) is 2.31. The van der Waals surface area contributed by atoms with Gasteiger partial charge in [-0.25, -0.2) is 0 Å². The number of nitrogens with two attached hydrogens (primary N) is 1. The van der Waals surface area contributed by atoms with Crippen molar-refractivity contribution in [2.45, 2.75) is 3.79 Å². The number of halogens is 3. The van der Waals surface area contributed by atoms with Crippen molar-refractivity contribution in [3.05, 3.63) is 30.2 Å². The van der Waals surface area contributed by atoms with E-state index in [1.165, 1.54) is 0 Å². The molecule has 1 aromatic carbocycles. The van der Waals surface area contributed by atoms with Gasteiger partial charge in [0.05, 0.1) is 0 Å². The van der Waals surface area contributed by atoms with E-state index in [-0.39, 0.29) is 11.8 Å². The lowest BCUT2D eigenvalue weighted by Crippen LogP contribution is -1.99. The molecule has 7 heteroatoms. The second kappa shape index (κ2) is 4.13. The van der Waals surface area contributed by atoms with E-state index in [1.807, 2.05) is 0 Å². The number of alkyl halides is 3. The summed E-state index contributed by atoms with van der Waals surface area (Å²) in [4.78, 5) is 0. The Bertz CT molecular complexity index is 489. The summed E-state index contributed by atoms with van der Waals surface area (Å²) in [5.41, 5.74) is 6.90. The predicted molar refractivity (Wildman–Crippen MR) is 63.4 cm³/mol. The normalized spacial score (nSPS) is 11.7. The van der Waals surface area contributed by atoms with Gasteiger partial charge < -0.3 is 10.2 Å². The van der Waals surface area contributed by atoms with Crippen molar-refractivity contribution in [3.63, 3.8) is 0 Å². The SMILES string of the molecule is Nc1ccc(-c2nnc(C(Cl)(Cl)Cl)o2)cc1. The Hall–Kier alpha value is -0.970. The maximum atomic E-state index is 5.60. The highest BCUT2D eigenvalue weighted by Crippen LogP contribution is 2.38. The molecular formula is C9H6Cl3N3O. The van der Waals surface area contributed by atoms with E-state index in [9.17, 15) is 0 Å². The Balaban J connectivity index is 2.35. The monoisotopic (exact) mass is 277 g/mol. The van der Waals surface area contributed by atoms with Crippen LogP contribution in [0, 0.1) is 0 Å². The molecule has 1 heterocycles. The average molecular weight is 279 g/mol. The van der Waals surface area contributed by atoms with Gasteiger partial charge in [0.25, 0.3) is 9.68 Å². The van der Waals surface area contributed by atoms with Crippen molar-refractivity contribution in [2.75, 3.05) is 5.73 Å². The standard InChI is InChI=1S/C9H6Cl3N3O/c10-9(11,12)8-15-14-7(16-8)5-1-3-6(13)4-2-5/h1-4H,13H2. The lowest BCUT2D eigenvalue weighted by atomic mass is 10.2. The number of hydrogen-bond acceptors (Lipinski definition) is 4. The van der Waals surface area contributed by atoms with Crippen LogP contribution >= 0.6 is 34.8 Å². The second-order valence-electron chi connectivity index (χ2n) is 3.03. The lowest BCUT2D eigenvalue weighted by molar-refractivity contribution is 0.514. The van der Waals surface area contributed by atoms with Crippen LogP contribution in [0.2, 0.25) is 0 Å². The molecule has 0 unspecified atom stereocenters. The zero-order chi connectivity index (χ0) is 11.8. The number of nitrogens with zero attached hydrogens (tertiary/aromatic N) is 2. The van der Waals surface area contributed by atoms with Crippen LogP contribution in [-0.4, -0.2) is 10.2 Å². The van der Waals surface area contributed by atoms with Gasteiger partial charge in [0.2, 0.25) is 5.89 Å². The van der Waals surface area contributed by atoms with Gasteiger partial charge in [0.15, 0.2) is 0 Å². The summed E-state index contributed by atoms with van der Waals surface area (Å²) in [6, 6.07) is 6.92. The summed E-state index contributed by atoms with van der Waals surface area (Å²) in [5.74, 6) is 0.214. The van der Waals surface area contributed by atoms with Gasteiger partial charge in [-0.3, -0.25) is 0 Å². The van der Waals surface area contributed by atoms with Gasteiger partial charge in [0.1, 0.15) is 0 Å². The highest BCUT2D eigenvalue weighted by Gasteiger charge is 2.30. The first kappa shape index (κ1) is 11.5. The number of hydrogen-bond donors (Lipinski definition) is 1. The van der Waals surface area contributed by atoms with Crippen LogP contribution in [0.3, 0.4) is 0 Å². The topological polar surface area (TPSA) is 64.9 Å². The summed E-state index contributed by atoms with van der Waals surface area (Å²) < 4.78 is 3.51. The molecule has 2 rings (SSSR count). The highest BCUT2D eigenvalue weighted by atomic mass is 35.6. The summed E-state index contributed by atoms with van der Waals surface area (Å²) in [6.07, 6.45) is 0. The van der Waals surface area contributed by atoms with E-state index in [1.54, 1.807) is 24.3 Å². The Morgan fingerprint density at radius 2 is 1.69 bits per heavy atom. The Morgan fingerprint density at radius 1 is 1.06 bits per heavy atom. The smallest absolute Gasteiger partial charge is 0.268 e. The molecule has 84 valence electrons. The molecule has 0 atom stereocenters. The molecule has 0 saturated carbocycles. The van der Waals surface area contributed by atoms with Crippen LogP contribution in [0.25, 0.3) is 11.5 Å². The Morgan fingerprint density at radius 3 is 2.19 bits per heavy atom. The number of nitrogen functional groups attached to an aromatic ring is 1. The Labute approximate surface area is 106 Å². The number of anilines is 1. The first-order valence-corrected chi connectivity index (χ1v) is 5.37. The third-order valence-electron chi connectivity index (χ3n) is 1.83. The summed E-state index contributed by atoms with van der Waals surface area (Å²) in [5, 5.41) is 7.41. The number of aromatic nitrogens is 2. The van der Waals surface area contributed by atoms with Gasteiger partial charge in [0, 0.05) is 11.3 Å². The van der Waals surface area contributed by atoms with Crippen LogP contribution in [0.4, 0.5) is 5.69 Å². The van der Waals surface area contributed by atoms with E-state index in [0.29, 0.717) is 11.3 Å². The second-order valence-corrected chi connectivity index (χ2v) is 5.31. The molecule has 0 bridgehead atoms. The molecule has 2 aromatic rings. The Kier molecular flexibility index (Phi) is 2.97. The van der Waals surface area contributed by atoms with Crippen molar-refractivity contribution >= 4 is 40.5 Å². The first-order chi connectivity index (χ1) is 7.47. The van der Waals surface area contributed by atoms with Crippen molar-refractivity contribution < 1.29 is 4.42 Å². The summed E-state index contributed by atoms with van der Waals surface area (Å²) in [6.45, 7) is 0. The molecule has 0 aliphatic heterocycles. The maximum Gasteiger partial charge on any atom is 0.268 e. The lowest BCUT2D eigenvalue weighted by Gasteiger charge is -2.02. The number of benzene rings is 1. The van der Waals surface area contributed by atoms with Crippen LogP contribution < -0.4 is 5.73 Å². The van der Waals surface area contributed by atoms with Gasteiger partial charge in [-0.2, -0.15) is 0 Å². The fraction of sp³-hybridized carbons (Fsp3) is 0.111. The first-order valence-electron chi connectivity index (χ1n) is 4.23. The zero-order valence-corrected chi connectivity index (χ0v) is 10.1. The predicted octanol–water partition coefficient (Wildman–Crippen LogP) is 3.15. The zero-order valence-electron chi connectivity index (χ0n) is 7.82. The van der Waals surface area contributed by atoms with E-state index in [4.69, 9.17) is 45.0 Å². The van der Waals surface area contributed by atoms with Crippen LogP contribution in [0.5, 0.6) is 0 Å². The van der Waals surface area contributed by atoms with Gasteiger partial charge in [-0.05, 0) is 24.3 Å². The minimum Gasteiger partial charge on any atom is -0.416 e. The highest BCUT2D eigenvalue weighted by molar-refractivity contribution is 6.66. The van der Waals surface area contributed by atoms with E-state index in [0.717, 1.165) is 0 Å². The minimum atomic E-state index is -1.71. The summed E-state index contributed by atoms with van der Waals surface area (Å²) >= 11 is 16.8. The van der Waals surface area contributed by atoms with Crippen LogP contribution in [0.1, 0.15) is 5.89 Å². The molecule has 0 radical (unpaired) electrons. The fourth-order valence-corrected chi connectivity index (χ4v) is 1.31. The van der Waals surface area contributed by atoms with Gasteiger partial charge in [-0.1, -0.05) is 34.8 Å². The fourth-order valence-electron chi connectivity index (χ4n) is 1.08. The van der Waals surface area contributed by atoms with E-state index < -0.39 is 3.79 Å². The molecule has 0 fully saturated rings. The van der Waals surface area contributed by atoms with Crippen molar-refractivity contribution in [3.8, 4) is 11.5 Å². The molecule has 0 aliphatic rings. The quantitative estimate of drug-likeness (QED) is 0.643. The van der Waals surface area contributed by atoms with Crippen LogP contribution in [0.15, 0.2) is 28.7 Å². The van der Waals surface area contributed by atoms with Gasteiger partial charge in [-0.15, -0.1) is 10.2 Å². The van der Waals surface area contributed by atoms with Crippen molar-refractivity contribution in [2.24, 2.45) is 0 Å². The van der Waals surface area contributed by atoms with Gasteiger partial charge >= 0.3 is 0 Å². The largest absolute Gasteiger partial charge is 0.416 e. The molecule has 0 aliphatic carbocycles. The molecule has 4 nitrogen and oxygen atoms in total. The molecule has 0 amide bonds. The third kappa shape index (κ3) is 2.40. The van der Waals surface area contributed by atoms with Crippen molar-refractivity contribution in [1.29, 1.82) is 0 Å². The number of rotatable bonds is 1. The van der Waals surface area contributed by atoms with Crippen LogP contribution in [-0.2, 0) is 3.79 Å².